The van der Waals surface area contributed by atoms with Crippen LogP contribution in [0.5, 0.6) is 0 Å². The van der Waals surface area contributed by atoms with E-state index in [1.54, 1.807) is 4.42 Å². The van der Waals surface area contributed by atoms with E-state index in [-0.39, 0.29) is 5.66 Å². The zero-order valence-electron chi connectivity index (χ0n) is 9.08. The minimum atomic E-state index is 0.106. The Balaban J connectivity index is 0. The van der Waals surface area contributed by atoms with Crippen LogP contribution in [0, 0.1) is 11.3 Å². The lowest BCUT2D eigenvalue weighted by molar-refractivity contribution is 0.321. The summed E-state index contributed by atoms with van der Waals surface area (Å²) in [6.07, 6.45) is 0. The second-order valence-electron chi connectivity index (χ2n) is 3.45. The van der Waals surface area contributed by atoms with Crippen molar-refractivity contribution in [3.8, 4) is 6.07 Å². The number of hydrogen-bond donors (Lipinski definition) is 0. The molecule has 0 saturated heterocycles. The zero-order chi connectivity index (χ0) is 11.0. The Morgan fingerprint density at radius 2 is 1.38 bits per heavy atom. The summed E-state index contributed by atoms with van der Waals surface area (Å²) >= 11 is 5.78. The second kappa shape index (κ2) is 8.75. The lowest BCUT2D eigenvalue weighted by atomic mass is 10.3. The van der Waals surface area contributed by atoms with Crippen LogP contribution in [-0.2, 0) is 0 Å². The summed E-state index contributed by atoms with van der Waals surface area (Å²) in [7, 11) is 2.37. The summed E-state index contributed by atoms with van der Waals surface area (Å²) in [4.78, 5) is 0. The molecule has 0 saturated carbocycles. The van der Waals surface area contributed by atoms with Crippen LogP contribution in [0.15, 0.2) is 0 Å². The molecule has 4 heteroatoms. The van der Waals surface area contributed by atoms with Gasteiger partial charge in [0.15, 0.2) is 0 Å². The van der Waals surface area contributed by atoms with E-state index in [0.717, 1.165) is 0 Å². The van der Waals surface area contributed by atoms with Crippen molar-refractivity contribution in [3.05, 3.63) is 0 Å². The van der Waals surface area contributed by atoms with Gasteiger partial charge in [-0.1, -0.05) is 0 Å². The summed E-state index contributed by atoms with van der Waals surface area (Å²) in [5.74, 6) is 0. The SMILES string of the molecule is CC(C)N(Cl)C(C)C.CC(P)C#N. The largest absolute Gasteiger partial charge is 0.215 e. The lowest BCUT2D eigenvalue weighted by Crippen LogP contribution is -2.27. The highest BCUT2D eigenvalue weighted by molar-refractivity contribution is 7.18. The van der Waals surface area contributed by atoms with Crippen molar-refractivity contribution >= 4 is 21.0 Å². The molecule has 0 aromatic rings. The van der Waals surface area contributed by atoms with Gasteiger partial charge in [-0.2, -0.15) is 5.26 Å². The van der Waals surface area contributed by atoms with Gasteiger partial charge in [0.2, 0.25) is 0 Å². The van der Waals surface area contributed by atoms with E-state index in [0.29, 0.717) is 12.1 Å². The maximum absolute atomic E-state index is 7.87. The molecule has 78 valence electrons. The molecule has 0 aliphatic rings. The minimum Gasteiger partial charge on any atom is -0.215 e. The Kier molecular flexibility index (Phi) is 10.5. The normalized spacial score (nSPS) is 12.4. The Bertz CT molecular complexity index is 144. The smallest absolute Gasteiger partial charge is 0.0694 e. The van der Waals surface area contributed by atoms with Crippen molar-refractivity contribution in [3.63, 3.8) is 0 Å². The summed E-state index contributed by atoms with van der Waals surface area (Å²) in [5.41, 5.74) is 0.106. The average molecular weight is 223 g/mol. The number of halogens is 1. The van der Waals surface area contributed by atoms with Crippen LogP contribution < -0.4 is 0 Å². The standard InChI is InChI=1S/C6H14ClN.C3H6NP/c1-5(2)8(7)6(3)4;1-3(5)2-4/h5-6H,1-4H3;3H,5H2,1H3. The lowest BCUT2D eigenvalue weighted by Gasteiger charge is -2.21. The van der Waals surface area contributed by atoms with E-state index < -0.39 is 0 Å². The molecular weight excluding hydrogens is 203 g/mol. The first-order valence-corrected chi connectivity index (χ1v) is 5.42. The number of hydrogen-bond acceptors (Lipinski definition) is 2. The average Bonchev–Trinajstić information content (AvgIpc) is 2.03. The highest BCUT2D eigenvalue weighted by Gasteiger charge is 2.07. The minimum absolute atomic E-state index is 0.106. The van der Waals surface area contributed by atoms with Crippen molar-refractivity contribution in [2.75, 3.05) is 0 Å². The third-order valence-electron chi connectivity index (χ3n) is 1.19. The van der Waals surface area contributed by atoms with E-state index >= 15 is 0 Å². The van der Waals surface area contributed by atoms with Crippen molar-refractivity contribution in [2.24, 2.45) is 0 Å². The first-order chi connectivity index (χ1) is 5.82. The fourth-order valence-electron chi connectivity index (χ4n) is 0.596. The summed E-state index contributed by atoms with van der Waals surface area (Å²) in [6, 6.07) is 2.87. The van der Waals surface area contributed by atoms with Gasteiger partial charge < -0.3 is 0 Å². The van der Waals surface area contributed by atoms with Crippen LogP contribution in [0.4, 0.5) is 0 Å². The van der Waals surface area contributed by atoms with Crippen molar-refractivity contribution < 1.29 is 0 Å². The van der Waals surface area contributed by atoms with Gasteiger partial charge in [-0.05, 0) is 46.4 Å². The molecule has 0 bridgehead atoms. The molecule has 0 N–H and O–H groups in total. The van der Waals surface area contributed by atoms with Gasteiger partial charge in [-0.3, -0.25) is 0 Å². The van der Waals surface area contributed by atoms with E-state index in [4.69, 9.17) is 17.0 Å². The molecule has 0 radical (unpaired) electrons. The number of nitriles is 1. The molecule has 2 atom stereocenters. The molecule has 0 amide bonds. The molecule has 2 nitrogen and oxygen atoms in total. The van der Waals surface area contributed by atoms with Crippen LogP contribution in [0.2, 0.25) is 0 Å². The topological polar surface area (TPSA) is 27.0 Å². The van der Waals surface area contributed by atoms with Gasteiger partial charge in [0.25, 0.3) is 0 Å². The predicted octanol–water partition coefficient (Wildman–Crippen LogP) is 3.03. The maximum Gasteiger partial charge on any atom is 0.0694 e. The maximum atomic E-state index is 7.87. The molecule has 0 aromatic carbocycles. The fourth-order valence-corrected chi connectivity index (χ4v) is 0.596. The molecule has 0 aliphatic heterocycles. The third kappa shape index (κ3) is 12.2. The second-order valence-corrected chi connectivity index (χ2v) is 4.84. The van der Waals surface area contributed by atoms with Crippen LogP contribution in [0.25, 0.3) is 0 Å². The molecule has 0 aromatic heterocycles. The van der Waals surface area contributed by atoms with Crippen LogP contribution in [-0.4, -0.2) is 22.2 Å². The van der Waals surface area contributed by atoms with Gasteiger partial charge in [0.1, 0.15) is 0 Å². The van der Waals surface area contributed by atoms with Gasteiger partial charge >= 0.3 is 0 Å². The number of rotatable bonds is 2. The molecule has 0 spiro atoms. The predicted molar refractivity (Wildman–Crippen MR) is 62.7 cm³/mol. The first-order valence-electron chi connectivity index (χ1n) is 4.42. The monoisotopic (exact) mass is 222 g/mol. The number of nitrogens with zero attached hydrogens (tertiary/aromatic N) is 2. The van der Waals surface area contributed by atoms with Crippen LogP contribution in [0.1, 0.15) is 34.6 Å². The van der Waals surface area contributed by atoms with Crippen molar-refractivity contribution in [1.82, 2.24) is 4.42 Å². The Morgan fingerprint density at radius 1 is 1.15 bits per heavy atom. The van der Waals surface area contributed by atoms with Gasteiger partial charge in [0, 0.05) is 12.1 Å². The van der Waals surface area contributed by atoms with Crippen molar-refractivity contribution in [2.45, 2.75) is 52.4 Å². The molecule has 2 unspecified atom stereocenters. The van der Waals surface area contributed by atoms with E-state index in [9.17, 15) is 0 Å². The molecule has 0 rings (SSSR count). The molecule has 13 heavy (non-hydrogen) atoms. The zero-order valence-corrected chi connectivity index (χ0v) is 11.0. The van der Waals surface area contributed by atoms with Gasteiger partial charge in [0.05, 0.1) is 11.7 Å². The van der Waals surface area contributed by atoms with Gasteiger partial charge in [-0.25, -0.2) is 4.42 Å². The summed E-state index contributed by atoms with van der Waals surface area (Å²) in [6.45, 7) is 10.1. The van der Waals surface area contributed by atoms with Gasteiger partial charge in [-0.15, -0.1) is 9.24 Å². The molecule has 0 fully saturated rings. The fraction of sp³-hybridized carbons (Fsp3) is 0.889. The van der Waals surface area contributed by atoms with E-state index in [1.165, 1.54) is 0 Å². The molecule has 0 heterocycles. The first kappa shape index (κ1) is 15.6. The highest BCUT2D eigenvalue weighted by Crippen LogP contribution is 2.06. The quantitative estimate of drug-likeness (QED) is 0.531. The van der Waals surface area contributed by atoms with E-state index in [1.807, 2.05) is 13.0 Å². The Labute approximate surface area is 89.6 Å². The third-order valence-corrected chi connectivity index (χ3v) is 2.12. The van der Waals surface area contributed by atoms with Crippen LogP contribution in [0.3, 0.4) is 0 Å². The summed E-state index contributed by atoms with van der Waals surface area (Å²) in [5, 5.41) is 7.87. The van der Waals surface area contributed by atoms with E-state index in [2.05, 4.69) is 36.9 Å². The summed E-state index contributed by atoms with van der Waals surface area (Å²) < 4.78 is 1.81. The van der Waals surface area contributed by atoms with Crippen LogP contribution >= 0.6 is 21.0 Å². The molecular formula is C9H20ClN2P. The van der Waals surface area contributed by atoms with Crippen molar-refractivity contribution in [1.29, 1.82) is 5.26 Å². The highest BCUT2D eigenvalue weighted by atomic mass is 35.5. The Morgan fingerprint density at radius 3 is 1.38 bits per heavy atom. The molecule has 0 aliphatic carbocycles. The Hall–Kier alpha value is 0.170.